The Hall–Kier alpha value is -2.77. The number of carbonyl (C=O) groups is 2. The minimum atomic E-state index is -0.922. The third-order valence-electron chi connectivity index (χ3n) is 5.34. The van der Waals surface area contributed by atoms with E-state index in [0.29, 0.717) is 24.9 Å². The third-order valence-corrected chi connectivity index (χ3v) is 5.34. The average molecular weight is 404 g/mol. The van der Waals surface area contributed by atoms with E-state index in [9.17, 15) is 18.4 Å². The Labute approximate surface area is 168 Å². The van der Waals surface area contributed by atoms with Crippen LogP contribution in [0, 0.1) is 24.5 Å². The molecular formula is C21H26F2N4O2. The molecule has 0 bridgehead atoms. The molecule has 6 nitrogen and oxygen atoms in total. The van der Waals surface area contributed by atoms with Gasteiger partial charge in [-0.2, -0.15) is 5.10 Å². The Morgan fingerprint density at radius 3 is 2.79 bits per heavy atom. The molecule has 1 aliphatic heterocycles. The Balaban J connectivity index is 1.41. The maximum atomic E-state index is 13.2. The molecule has 1 saturated heterocycles. The lowest BCUT2D eigenvalue weighted by molar-refractivity contribution is -0.134. The zero-order valence-corrected chi connectivity index (χ0v) is 16.5. The number of benzene rings is 1. The fourth-order valence-electron chi connectivity index (χ4n) is 3.59. The summed E-state index contributed by atoms with van der Waals surface area (Å²) in [5.74, 6) is -1.64. The van der Waals surface area contributed by atoms with E-state index in [4.69, 9.17) is 0 Å². The van der Waals surface area contributed by atoms with Crippen molar-refractivity contribution >= 4 is 11.8 Å². The van der Waals surface area contributed by atoms with E-state index in [0.717, 1.165) is 37.2 Å². The molecule has 1 N–H and O–H groups in total. The first-order valence-corrected chi connectivity index (χ1v) is 9.89. The first-order valence-electron chi connectivity index (χ1n) is 9.89. The number of rotatable bonds is 7. The topological polar surface area (TPSA) is 67.2 Å². The van der Waals surface area contributed by atoms with E-state index in [-0.39, 0.29) is 30.8 Å². The Bertz CT molecular complexity index is 868. The number of nitrogens with one attached hydrogen (secondary N) is 1. The second-order valence-corrected chi connectivity index (χ2v) is 7.54. The van der Waals surface area contributed by atoms with Crippen molar-refractivity contribution in [3.05, 3.63) is 53.4 Å². The number of halogens is 2. The van der Waals surface area contributed by atoms with Crippen LogP contribution in [0.25, 0.3) is 0 Å². The molecule has 1 atom stereocenters. The summed E-state index contributed by atoms with van der Waals surface area (Å²) in [5, 5.41) is 6.89. The number of hydrogen-bond donors (Lipinski definition) is 1. The minimum Gasteiger partial charge on any atom is -0.352 e. The van der Waals surface area contributed by atoms with Gasteiger partial charge < -0.3 is 10.2 Å². The smallest absolute Gasteiger partial charge is 0.244 e. The molecule has 1 aromatic heterocycles. The van der Waals surface area contributed by atoms with Gasteiger partial charge in [0.05, 0.1) is 0 Å². The van der Waals surface area contributed by atoms with Gasteiger partial charge in [0, 0.05) is 37.9 Å². The number of piperidine rings is 1. The molecule has 29 heavy (non-hydrogen) atoms. The second-order valence-electron chi connectivity index (χ2n) is 7.54. The van der Waals surface area contributed by atoms with Crippen LogP contribution in [0.3, 0.4) is 0 Å². The summed E-state index contributed by atoms with van der Waals surface area (Å²) in [5.41, 5.74) is 1.46. The molecule has 1 aliphatic rings. The fourth-order valence-corrected chi connectivity index (χ4v) is 3.59. The van der Waals surface area contributed by atoms with Gasteiger partial charge in [-0.1, -0.05) is 6.07 Å². The molecule has 0 saturated carbocycles. The van der Waals surface area contributed by atoms with E-state index in [1.54, 1.807) is 10.9 Å². The zero-order chi connectivity index (χ0) is 20.8. The molecule has 0 spiro atoms. The van der Waals surface area contributed by atoms with Crippen LogP contribution < -0.4 is 5.32 Å². The van der Waals surface area contributed by atoms with Gasteiger partial charge in [0.25, 0.3) is 0 Å². The molecule has 1 fully saturated rings. The van der Waals surface area contributed by atoms with Crippen molar-refractivity contribution in [3.8, 4) is 0 Å². The van der Waals surface area contributed by atoms with Gasteiger partial charge in [0.15, 0.2) is 11.6 Å². The van der Waals surface area contributed by atoms with Crippen molar-refractivity contribution in [2.24, 2.45) is 5.92 Å². The fraction of sp³-hybridized carbons (Fsp3) is 0.476. The number of aromatic nitrogens is 2. The third kappa shape index (κ3) is 5.85. The van der Waals surface area contributed by atoms with Crippen LogP contribution in [0.15, 0.2) is 30.5 Å². The van der Waals surface area contributed by atoms with Crippen LogP contribution in [0.5, 0.6) is 0 Å². The first kappa shape index (κ1) is 21.0. The standard InChI is InChI=1S/C21H26F2N4O2/c1-15-8-9-25-27(15)14-21(29)26-10-2-3-16(13-26)5-7-20(28)24-12-17-4-6-18(22)19(23)11-17/h4,6,8-9,11,16H,2-3,5,7,10,12-14H2,1H3,(H,24,28). The molecule has 1 aromatic carbocycles. The molecule has 3 rings (SSSR count). The normalized spacial score (nSPS) is 16.7. The number of aryl methyl sites for hydroxylation is 1. The summed E-state index contributed by atoms with van der Waals surface area (Å²) in [6.45, 7) is 3.70. The van der Waals surface area contributed by atoms with Crippen molar-refractivity contribution in [2.45, 2.75) is 45.7 Å². The Morgan fingerprint density at radius 1 is 1.24 bits per heavy atom. The van der Waals surface area contributed by atoms with Crippen molar-refractivity contribution < 1.29 is 18.4 Å². The predicted molar refractivity (Wildman–Crippen MR) is 104 cm³/mol. The number of hydrogen-bond acceptors (Lipinski definition) is 3. The molecule has 8 heteroatoms. The molecule has 0 radical (unpaired) electrons. The predicted octanol–water partition coefficient (Wildman–Crippen LogP) is 2.80. The minimum absolute atomic E-state index is 0.0456. The van der Waals surface area contributed by atoms with Crippen LogP contribution in [0.4, 0.5) is 8.78 Å². The highest BCUT2D eigenvalue weighted by molar-refractivity contribution is 5.76. The van der Waals surface area contributed by atoms with Crippen molar-refractivity contribution in [1.29, 1.82) is 0 Å². The van der Waals surface area contributed by atoms with Gasteiger partial charge in [-0.05, 0) is 55.9 Å². The van der Waals surface area contributed by atoms with Crippen LogP contribution in [0.1, 0.15) is 36.9 Å². The summed E-state index contributed by atoms with van der Waals surface area (Å²) in [7, 11) is 0. The van der Waals surface area contributed by atoms with E-state index in [2.05, 4.69) is 10.4 Å². The molecule has 156 valence electrons. The summed E-state index contributed by atoms with van der Waals surface area (Å²) in [6, 6.07) is 5.45. The van der Waals surface area contributed by atoms with Crippen LogP contribution >= 0.6 is 0 Å². The van der Waals surface area contributed by atoms with E-state index >= 15 is 0 Å². The first-order chi connectivity index (χ1) is 13.9. The van der Waals surface area contributed by atoms with Gasteiger partial charge in [0.2, 0.25) is 11.8 Å². The maximum absolute atomic E-state index is 13.2. The molecule has 2 heterocycles. The number of amides is 2. The monoisotopic (exact) mass is 404 g/mol. The number of nitrogens with zero attached hydrogens (tertiary/aromatic N) is 3. The second kappa shape index (κ2) is 9.62. The SMILES string of the molecule is Cc1ccnn1CC(=O)N1CCCC(CCC(=O)NCc2ccc(F)c(F)c2)C1. The highest BCUT2D eigenvalue weighted by Crippen LogP contribution is 2.21. The van der Waals surface area contributed by atoms with Gasteiger partial charge >= 0.3 is 0 Å². The Kier molecular flexibility index (Phi) is 6.95. The number of carbonyl (C=O) groups excluding carboxylic acids is 2. The summed E-state index contributed by atoms with van der Waals surface area (Å²) in [6.07, 6.45) is 4.62. The quantitative estimate of drug-likeness (QED) is 0.772. The molecule has 0 aliphatic carbocycles. The van der Waals surface area contributed by atoms with Gasteiger partial charge in [-0.15, -0.1) is 0 Å². The van der Waals surface area contributed by atoms with E-state index in [1.165, 1.54) is 6.07 Å². The van der Waals surface area contributed by atoms with Crippen molar-refractivity contribution in [2.75, 3.05) is 13.1 Å². The lowest BCUT2D eigenvalue weighted by Gasteiger charge is -2.33. The van der Waals surface area contributed by atoms with Crippen LogP contribution in [-0.2, 0) is 22.7 Å². The maximum Gasteiger partial charge on any atom is 0.244 e. The van der Waals surface area contributed by atoms with Gasteiger partial charge in [-0.3, -0.25) is 14.3 Å². The highest BCUT2D eigenvalue weighted by Gasteiger charge is 2.24. The van der Waals surface area contributed by atoms with Gasteiger partial charge in [0.1, 0.15) is 6.54 Å². The number of likely N-dealkylation sites (tertiary alicyclic amines) is 1. The summed E-state index contributed by atoms with van der Waals surface area (Å²) in [4.78, 5) is 26.5. The summed E-state index contributed by atoms with van der Waals surface area (Å²) >= 11 is 0. The summed E-state index contributed by atoms with van der Waals surface area (Å²) < 4.78 is 27.8. The largest absolute Gasteiger partial charge is 0.352 e. The van der Waals surface area contributed by atoms with Gasteiger partial charge in [-0.25, -0.2) is 8.78 Å². The molecule has 1 unspecified atom stereocenters. The lowest BCUT2D eigenvalue weighted by atomic mass is 9.93. The zero-order valence-electron chi connectivity index (χ0n) is 16.5. The van der Waals surface area contributed by atoms with Crippen LogP contribution in [-0.4, -0.2) is 39.6 Å². The van der Waals surface area contributed by atoms with Crippen molar-refractivity contribution in [1.82, 2.24) is 20.0 Å². The van der Waals surface area contributed by atoms with Crippen LogP contribution in [0.2, 0.25) is 0 Å². The molecular weight excluding hydrogens is 378 g/mol. The average Bonchev–Trinajstić information content (AvgIpc) is 3.12. The molecule has 2 aromatic rings. The lowest BCUT2D eigenvalue weighted by Crippen LogP contribution is -2.42. The highest BCUT2D eigenvalue weighted by atomic mass is 19.2. The molecule has 2 amide bonds. The van der Waals surface area contributed by atoms with E-state index in [1.807, 2.05) is 17.9 Å². The Morgan fingerprint density at radius 2 is 2.07 bits per heavy atom. The van der Waals surface area contributed by atoms with Crippen molar-refractivity contribution in [3.63, 3.8) is 0 Å². The van der Waals surface area contributed by atoms with E-state index < -0.39 is 11.6 Å².